The molecule has 0 N–H and O–H groups in total. The van der Waals surface area contributed by atoms with Crippen LogP contribution in [0.3, 0.4) is 0 Å². The zero-order valence-electron chi connectivity index (χ0n) is 12.8. The topological polar surface area (TPSA) is 9.23 Å². The van der Waals surface area contributed by atoms with Crippen LogP contribution in [0.4, 0.5) is 0 Å². The molecule has 3 aromatic carbocycles. The van der Waals surface area contributed by atoms with Crippen LogP contribution >= 0.6 is 0 Å². The predicted octanol–water partition coefficient (Wildman–Crippen LogP) is -4.08. The SMILES string of the molecule is [Li+].[Li+].[c-]1ccccc1B1c2[c-]cccc2Oc2ccccc21. The molecule has 4 rings (SSSR count). The van der Waals surface area contributed by atoms with Crippen molar-refractivity contribution in [2.24, 2.45) is 0 Å². The molecule has 1 aliphatic rings. The summed E-state index contributed by atoms with van der Waals surface area (Å²) in [5.41, 5.74) is 3.39. The maximum Gasteiger partial charge on any atom is 1.00 e. The van der Waals surface area contributed by atoms with Gasteiger partial charge in [-0.3, -0.25) is 0 Å². The number of ether oxygens (including phenoxy) is 1. The van der Waals surface area contributed by atoms with E-state index in [0.717, 1.165) is 22.4 Å². The summed E-state index contributed by atoms with van der Waals surface area (Å²) in [5.74, 6) is 1.80. The van der Waals surface area contributed by atoms with E-state index in [1.54, 1.807) is 0 Å². The second-order valence-corrected chi connectivity index (χ2v) is 4.84. The fourth-order valence-electron chi connectivity index (χ4n) is 2.74. The molecule has 3 aromatic rings. The Morgan fingerprint density at radius 2 is 1.45 bits per heavy atom. The number of rotatable bonds is 1. The van der Waals surface area contributed by atoms with Crippen LogP contribution in [0.1, 0.15) is 0 Å². The van der Waals surface area contributed by atoms with Gasteiger partial charge in [0.2, 0.25) is 0 Å². The average molecular weight is 268 g/mol. The van der Waals surface area contributed by atoms with Gasteiger partial charge in [0.05, 0.1) is 0 Å². The van der Waals surface area contributed by atoms with Gasteiger partial charge in [-0.25, -0.2) is 0 Å². The number of fused-ring (bicyclic) bond motifs is 2. The normalized spacial score (nSPS) is 11.2. The van der Waals surface area contributed by atoms with Gasteiger partial charge in [0.25, 0.3) is 0 Å². The number of benzene rings is 3. The van der Waals surface area contributed by atoms with Crippen molar-refractivity contribution in [2.75, 3.05) is 0 Å². The summed E-state index contributed by atoms with van der Waals surface area (Å²) < 4.78 is 5.98. The third kappa shape index (κ3) is 2.94. The zero-order valence-corrected chi connectivity index (χ0v) is 12.8. The fraction of sp³-hybridized carbons (Fsp3) is 0. The van der Waals surface area contributed by atoms with E-state index in [9.17, 15) is 0 Å². The van der Waals surface area contributed by atoms with E-state index in [4.69, 9.17) is 4.74 Å². The Kier molecular flexibility index (Phi) is 5.68. The minimum atomic E-state index is 0. The van der Waals surface area contributed by atoms with Crippen LogP contribution in [0.15, 0.2) is 66.7 Å². The Morgan fingerprint density at radius 1 is 0.727 bits per heavy atom. The summed E-state index contributed by atoms with van der Waals surface area (Å²) >= 11 is 0. The minimum absolute atomic E-state index is 0. The quantitative estimate of drug-likeness (QED) is 0.252. The summed E-state index contributed by atoms with van der Waals surface area (Å²) in [7, 11) is 0. The summed E-state index contributed by atoms with van der Waals surface area (Å²) in [6, 6.07) is 28.9. The van der Waals surface area contributed by atoms with Crippen molar-refractivity contribution < 1.29 is 42.5 Å². The third-order valence-corrected chi connectivity index (χ3v) is 3.63. The number of hydrogen-bond acceptors (Lipinski definition) is 1. The Labute approximate surface area is 155 Å². The van der Waals surface area contributed by atoms with Gasteiger partial charge in [0.15, 0.2) is 6.71 Å². The zero-order chi connectivity index (χ0) is 13.4. The van der Waals surface area contributed by atoms with E-state index in [1.165, 1.54) is 5.46 Å². The molecule has 0 unspecified atom stereocenters. The molecule has 0 saturated carbocycles. The van der Waals surface area contributed by atoms with E-state index in [2.05, 4.69) is 24.3 Å². The molecule has 1 aliphatic heterocycles. The van der Waals surface area contributed by atoms with Crippen LogP contribution in [0.25, 0.3) is 0 Å². The third-order valence-electron chi connectivity index (χ3n) is 3.63. The molecular weight excluding hydrogens is 257 g/mol. The van der Waals surface area contributed by atoms with Crippen molar-refractivity contribution in [3.8, 4) is 11.5 Å². The molecule has 22 heavy (non-hydrogen) atoms. The van der Waals surface area contributed by atoms with Gasteiger partial charge >= 0.3 is 37.7 Å². The van der Waals surface area contributed by atoms with Gasteiger partial charge in [0, 0.05) is 5.75 Å². The van der Waals surface area contributed by atoms with Crippen LogP contribution in [-0.2, 0) is 0 Å². The Morgan fingerprint density at radius 3 is 2.27 bits per heavy atom. The van der Waals surface area contributed by atoms with Crippen molar-refractivity contribution in [3.05, 3.63) is 78.9 Å². The van der Waals surface area contributed by atoms with E-state index in [1.807, 2.05) is 54.6 Å². The molecule has 94 valence electrons. The molecule has 4 heteroatoms. The average Bonchev–Trinajstić information content (AvgIpc) is 2.53. The van der Waals surface area contributed by atoms with Gasteiger partial charge in [0.1, 0.15) is 5.75 Å². The number of para-hydroxylation sites is 1. The molecule has 1 heterocycles. The van der Waals surface area contributed by atoms with Gasteiger partial charge in [-0.05, 0) is 11.5 Å². The van der Waals surface area contributed by atoms with Gasteiger partial charge in [-0.1, -0.05) is 18.2 Å². The smallest absolute Gasteiger partial charge is 0.518 e. The molecule has 0 radical (unpaired) electrons. The van der Waals surface area contributed by atoms with Crippen molar-refractivity contribution in [2.45, 2.75) is 0 Å². The standard InChI is InChI=1S/C18H11BO.2Li/c1-2-8-14(9-3-1)19-15-10-4-6-12-17(15)20-18-13-7-5-11-16(18)19;;/h1-8,10,12-13H;;/q-2;2*+1. The molecule has 0 bridgehead atoms. The first-order chi connectivity index (χ1) is 9.93. The first kappa shape index (κ1) is 17.1. The van der Waals surface area contributed by atoms with Crippen molar-refractivity contribution in [3.63, 3.8) is 0 Å². The summed E-state index contributed by atoms with van der Waals surface area (Å²) in [6.07, 6.45) is 0. The second-order valence-electron chi connectivity index (χ2n) is 4.84. The summed E-state index contributed by atoms with van der Waals surface area (Å²) in [4.78, 5) is 0. The summed E-state index contributed by atoms with van der Waals surface area (Å²) in [5, 5.41) is 0. The second kappa shape index (κ2) is 7.32. The first-order valence-electron chi connectivity index (χ1n) is 6.67. The monoisotopic (exact) mass is 268 g/mol. The molecule has 0 spiro atoms. The van der Waals surface area contributed by atoms with E-state index >= 15 is 0 Å². The molecule has 0 atom stereocenters. The first-order valence-corrected chi connectivity index (χ1v) is 6.67. The van der Waals surface area contributed by atoms with E-state index in [-0.39, 0.29) is 44.4 Å². The van der Waals surface area contributed by atoms with Crippen LogP contribution in [-0.4, -0.2) is 6.71 Å². The fourth-order valence-corrected chi connectivity index (χ4v) is 2.74. The molecule has 0 aromatic heterocycles. The largest absolute Gasteiger partial charge is 1.00 e. The van der Waals surface area contributed by atoms with Gasteiger partial charge in [-0.2, -0.15) is 54.0 Å². The minimum Gasteiger partial charge on any atom is -0.518 e. The number of hydrogen-bond donors (Lipinski definition) is 0. The van der Waals surface area contributed by atoms with E-state index in [0.29, 0.717) is 0 Å². The molecule has 0 fully saturated rings. The van der Waals surface area contributed by atoms with Crippen LogP contribution < -0.4 is 58.8 Å². The predicted molar refractivity (Wildman–Crippen MR) is 81.7 cm³/mol. The van der Waals surface area contributed by atoms with Crippen LogP contribution in [0, 0.1) is 12.1 Å². The summed E-state index contributed by atoms with van der Waals surface area (Å²) in [6.45, 7) is 0.136. The van der Waals surface area contributed by atoms with Crippen molar-refractivity contribution in [1.29, 1.82) is 0 Å². The Bertz CT molecular complexity index is 716. The van der Waals surface area contributed by atoms with Crippen molar-refractivity contribution in [1.82, 2.24) is 0 Å². The molecule has 1 nitrogen and oxygen atoms in total. The molecule has 0 saturated heterocycles. The maximum atomic E-state index is 5.98. The Hall–Kier alpha value is -1.28. The van der Waals surface area contributed by atoms with Crippen molar-refractivity contribution >= 4 is 23.1 Å². The van der Waals surface area contributed by atoms with Crippen LogP contribution in [0.5, 0.6) is 11.5 Å². The van der Waals surface area contributed by atoms with Crippen LogP contribution in [0.2, 0.25) is 0 Å². The Balaban J connectivity index is 0.000000882. The molecule has 0 amide bonds. The van der Waals surface area contributed by atoms with Gasteiger partial charge in [-0.15, -0.1) is 11.5 Å². The van der Waals surface area contributed by atoms with Gasteiger partial charge < -0.3 is 4.74 Å². The van der Waals surface area contributed by atoms with E-state index < -0.39 is 0 Å². The maximum absolute atomic E-state index is 5.98. The molecular formula is C18H11BLi2O. The molecule has 0 aliphatic carbocycles.